The van der Waals surface area contributed by atoms with Crippen LogP contribution in [0.2, 0.25) is 0 Å². The average molecular weight is 349 g/mol. The quantitative estimate of drug-likeness (QED) is 0.331. The molecular weight excluding hydrogens is 340 g/mol. The van der Waals surface area contributed by atoms with Crippen LogP contribution in [0.5, 0.6) is 0 Å². The van der Waals surface area contributed by atoms with E-state index in [0.717, 1.165) is 16.3 Å². The number of nitrogens with zero attached hydrogens (tertiary/aromatic N) is 1. The highest BCUT2D eigenvalue weighted by molar-refractivity contribution is 8.00. The number of halogens is 4. The first-order valence-electron chi connectivity index (χ1n) is 5.22. The maximum absolute atomic E-state index is 12.1. The van der Waals surface area contributed by atoms with Gasteiger partial charge < -0.3 is 0 Å². The number of amides is 2. The monoisotopic (exact) mass is 347 g/mol. The van der Waals surface area contributed by atoms with Gasteiger partial charge in [0.15, 0.2) is 0 Å². The van der Waals surface area contributed by atoms with Gasteiger partial charge in [-0.3, -0.25) is 9.59 Å². The number of fused-ring (bicyclic) bond motifs is 1. The minimum Gasteiger partial charge on any atom is -0.273 e. The van der Waals surface area contributed by atoms with Gasteiger partial charge in [0.05, 0.1) is 11.8 Å². The average Bonchev–Trinajstić information content (AvgIpc) is 2.54. The van der Waals surface area contributed by atoms with Gasteiger partial charge in [-0.05, 0) is 24.8 Å². The van der Waals surface area contributed by atoms with Crippen molar-refractivity contribution >= 4 is 70.2 Å². The predicted molar refractivity (Wildman–Crippen MR) is 74.7 cm³/mol. The predicted octanol–water partition coefficient (Wildman–Crippen LogP) is 3.52. The molecule has 0 N–H and O–H groups in total. The van der Waals surface area contributed by atoms with Gasteiger partial charge in [0.1, 0.15) is 4.71 Å². The molecule has 100 valence electrons. The molecule has 1 aliphatic heterocycles. The molecule has 0 bridgehead atoms. The highest BCUT2D eigenvalue weighted by atomic mass is 35.6. The highest BCUT2D eigenvalue weighted by Crippen LogP contribution is 2.45. The largest absolute Gasteiger partial charge is 0.273 e. The second-order valence-corrected chi connectivity index (χ2v) is 8.20. The van der Waals surface area contributed by atoms with Crippen LogP contribution in [0.15, 0.2) is 12.2 Å². The maximum Gasteiger partial charge on any atom is 0.243 e. The molecule has 2 aliphatic rings. The molecule has 18 heavy (non-hydrogen) atoms. The Morgan fingerprint density at radius 3 is 2.00 bits per heavy atom. The lowest BCUT2D eigenvalue weighted by atomic mass is 9.85. The Morgan fingerprint density at radius 2 is 1.61 bits per heavy atom. The first-order chi connectivity index (χ1) is 8.32. The van der Waals surface area contributed by atoms with Crippen LogP contribution in [0, 0.1) is 11.8 Å². The first-order valence-corrected chi connectivity index (χ1v) is 7.63. The van der Waals surface area contributed by atoms with E-state index in [1.165, 1.54) is 0 Å². The van der Waals surface area contributed by atoms with Gasteiger partial charge in [0, 0.05) is 0 Å². The van der Waals surface area contributed by atoms with Gasteiger partial charge in [0.25, 0.3) is 0 Å². The van der Waals surface area contributed by atoms with E-state index >= 15 is 0 Å². The normalized spacial score (nSPS) is 29.7. The van der Waals surface area contributed by atoms with Gasteiger partial charge in [0.2, 0.25) is 15.6 Å². The second-order valence-electron chi connectivity index (χ2n) is 4.09. The summed E-state index contributed by atoms with van der Waals surface area (Å²) in [6.07, 6.45) is 4.97. The van der Waals surface area contributed by atoms with Crippen LogP contribution in [-0.2, 0) is 9.59 Å². The number of hydrogen-bond acceptors (Lipinski definition) is 3. The molecule has 2 rings (SSSR count). The smallest absolute Gasteiger partial charge is 0.243 e. The van der Waals surface area contributed by atoms with Crippen LogP contribution in [0.25, 0.3) is 0 Å². The Morgan fingerprint density at radius 1 is 1.17 bits per heavy atom. The fourth-order valence-electron chi connectivity index (χ4n) is 2.03. The number of carbonyl (C=O) groups excluding carboxylic acids is 2. The summed E-state index contributed by atoms with van der Waals surface area (Å²) in [6.45, 7) is 0. The molecule has 0 saturated carbocycles. The van der Waals surface area contributed by atoms with Crippen LogP contribution in [0.4, 0.5) is 0 Å². The molecule has 3 unspecified atom stereocenters. The lowest BCUT2D eigenvalue weighted by Crippen LogP contribution is -2.29. The number of rotatable bonds is 2. The van der Waals surface area contributed by atoms with Crippen molar-refractivity contribution in [1.29, 1.82) is 0 Å². The first kappa shape index (κ1) is 14.8. The Balaban J connectivity index is 2.11. The van der Waals surface area contributed by atoms with E-state index in [1.807, 2.05) is 12.2 Å². The SMILES string of the molecule is O=C1C2CC=CCC2C(=O)N1SC(Cl)C(Cl)(Cl)Cl. The molecule has 1 aliphatic carbocycles. The zero-order valence-electron chi connectivity index (χ0n) is 8.98. The van der Waals surface area contributed by atoms with E-state index in [2.05, 4.69) is 0 Å². The summed E-state index contributed by atoms with van der Waals surface area (Å²) < 4.78 is -1.69. The van der Waals surface area contributed by atoms with Gasteiger partial charge >= 0.3 is 0 Å². The molecule has 2 amide bonds. The number of carbonyl (C=O) groups is 2. The van der Waals surface area contributed by atoms with E-state index in [9.17, 15) is 9.59 Å². The summed E-state index contributed by atoms with van der Waals surface area (Å²) in [4.78, 5) is 24.2. The van der Waals surface area contributed by atoms with Crippen molar-refractivity contribution < 1.29 is 9.59 Å². The second kappa shape index (κ2) is 5.41. The van der Waals surface area contributed by atoms with Crippen molar-refractivity contribution in [2.24, 2.45) is 11.8 Å². The van der Waals surface area contributed by atoms with Crippen LogP contribution >= 0.6 is 58.4 Å². The molecule has 1 heterocycles. The molecule has 0 spiro atoms. The van der Waals surface area contributed by atoms with E-state index in [4.69, 9.17) is 46.4 Å². The molecular formula is C10H9Cl4NO2S. The zero-order chi connectivity index (χ0) is 13.5. The van der Waals surface area contributed by atoms with Crippen molar-refractivity contribution in [1.82, 2.24) is 4.31 Å². The van der Waals surface area contributed by atoms with Crippen molar-refractivity contribution in [2.75, 3.05) is 0 Å². The molecule has 0 aromatic heterocycles. The fraction of sp³-hybridized carbons (Fsp3) is 0.600. The third kappa shape index (κ3) is 2.78. The van der Waals surface area contributed by atoms with Crippen molar-refractivity contribution in [3.8, 4) is 0 Å². The third-order valence-corrected chi connectivity index (χ3v) is 5.98. The lowest BCUT2D eigenvalue weighted by molar-refractivity contribution is -0.133. The van der Waals surface area contributed by atoms with Gasteiger partial charge in [-0.15, -0.1) is 11.6 Å². The van der Waals surface area contributed by atoms with Crippen LogP contribution in [0.3, 0.4) is 0 Å². The molecule has 8 heteroatoms. The van der Waals surface area contributed by atoms with E-state index in [1.54, 1.807) is 0 Å². The number of imide groups is 1. The summed E-state index contributed by atoms with van der Waals surface area (Å²) in [5.74, 6) is -1.10. The molecule has 0 aromatic rings. The molecule has 0 aromatic carbocycles. The number of allylic oxidation sites excluding steroid dienone is 2. The van der Waals surface area contributed by atoms with E-state index < -0.39 is 8.50 Å². The van der Waals surface area contributed by atoms with Gasteiger partial charge in [-0.25, -0.2) is 4.31 Å². The molecule has 1 saturated heterocycles. The van der Waals surface area contributed by atoms with Crippen LogP contribution in [0.1, 0.15) is 12.8 Å². The summed E-state index contributed by atoms with van der Waals surface area (Å²) in [5.41, 5.74) is 0. The van der Waals surface area contributed by atoms with E-state index in [-0.39, 0.29) is 23.7 Å². The Labute approximate surface area is 129 Å². The molecule has 1 fully saturated rings. The maximum atomic E-state index is 12.1. The lowest BCUT2D eigenvalue weighted by Gasteiger charge is -2.21. The highest BCUT2D eigenvalue weighted by Gasteiger charge is 2.49. The van der Waals surface area contributed by atoms with Crippen LogP contribution < -0.4 is 0 Å². The van der Waals surface area contributed by atoms with Crippen molar-refractivity contribution in [3.63, 3.8) is 0 Å². The summed E-state index contributed by atoms with van der Waals surface area (Å²) in [7, 11) is 0. The van der Waals surface area contributed by atoms with Crippen molar-refractivity contribution in [2.45, 2.75) is 21.3 Å². The number of hydrogen-bond donors (Lipinski definition) is 0. The zero-order valence-corrected chi connectivity index (χ0v) is 12.8. The Kier molecular flexibility index (Phi) is 4.44. The van der Waals surface area contributed by atoms with Gasteiger partial charge in [-0.2, -0.15) is 0 Å². The van der Waals surface area contributed by atoms with Crippen LogP contribution in [-0.4, -0.2) is 24.6 Å². The molecule has 0 radical (unpaired) electrons. The molecule has 3 atom stereocenters. The standard InChI is InChI=1S/C10H9Cl4NO2S/c11-9(10(12,13)14)18-15-7(16)5-3-1-2-4-6(5)8(15)17/h1-2,5-6,9H,3-4H2. The van der Waals surface area contributed by atoms with Crippen molar-refractivity contribution in [3.05, 3.63) is 12.2 Å². The number of alkyl halides is 4. The summed E-state index contributed by atoms with van der Waals surface area (Å²) in [6, 6.07) is 0. The van der Waals surface area contributed by atoms with E-state index in [0.29, 0.717) is 12.8 Å². The minimum atomic E-state index is -1.74. The summed E-state index contributed by atoms with van der Waals surface area (Å²) >= 11 is 23.5. The minimum absolute atomic E-state index is 0.251. The topological polar surface area (TPSA) is 37.4 Å². The fourth-order valence-corrected chi connectivity index (χ4v) is 3.41. The Bertz CT molecular complexity index is 383. The Hall–Kier alpha value is 0.390. The molecule has 3 nitrogen and oxygen atoms in total. The summed E-state index contributed by atoms with van der Waals surface area (Å²) in [5, 5.41) is 0. The van der Waals surface area contributed by atoms with Gasteiger partial charge in [-0.1, -0.05) is 47.0 Å². The third-order valence-electron chi connectivity index (χ3n) is 2.92.